The molecular weight excluding hydrogens is 368 g/mol. The van der Waals surface area contributed by atoms with Gasteiger partial charge in [0.1, 0.15) is 5.78 Å². The highest BCUT2D eigenvalue weighted by molar-refractivity contribution is 5.83. The molecule has 2 heteroatoms. The second kappa shape index (κ2) is 8.53. The molecule has 4 saturated carbocycles. The maximum absolute atomic E-state index is 13.2. The predicted molar refractivity (Wildman–Crippen MR) is 124 cm³/mol. The third kappa shape index (κ3) is 3.61. The summed E-state index contributed by atoms with van der Waals surface area (Å²) >= 11 is 0. The minimum Gasteiger partial charge on any atom is -0.396 e. The minimum atomic E-state index is 0.305. The lowest BCUT2D eigenvalue weighted by molar-refractivity contribution is -0.154. The first-order chi connectivity index (χ1) is 14.2. The molecule has 4 aliphatic rings. The highest BCUT2D eigenvalue weighted by atomic mass is 16.3. The maximum atomic E-state index is 13.2. The molecular formula is C28H48O2. The summed E-state index contributed by atoms with van der Waals surface area (Å²) in [5.74, 6) is 5.87. The van der Waals surface area contributed by atoms with Gasteiger partial charge in [-0.3, -0.25) is 4.79 Å². The molecule has 0 saturated heterocycles. The topological polar surface area (TPSA) is 37.3 Å². The van der Waals surface area contributed by atoms with Crippen LogP contribution >= 0.6 is 0 Å². The van der Waals surface area contributed by atoms with Gasteiger partial charge in [-0.25, -0.2) is 0 Å². The SMILES string of the molecule is CC(CO)C(C)CCC(C)[C@H]1CC[C@H]2[C@@H]3CC(=O)C4CCCC[C@]4(C)[C@H]3CC[C@]12C. The molecule has 4 aliphatic carbocycles. The maximum Gasteiger partial charge on any atom is 0.136 e. The van der Waals surface area contributed by atoms with Gasteiger partial charge in [0.25, 0.3) is 0 Å². The van der Waals surface area contributed by atoms with Crippen LogP contribution in [-0.2, 0) is 4.79 Å². The molecule has 0 aliphatic heterocycles. The van der Waals surface area contributed by atoms with Gasteiger partial charge < -0.3 is 5.11 Å². The monoisotopic (exact) mass is 416 g/mol. The average Bonchev–Trinajstić information content (AvgIpc) is 3.08. The van der Waals surface area contributed by atoms with E-state index in [1.807, 2.05) is 0 Å². The van der Waals surface area contributed by atoms with Crippen molar-refractivity contribution in [2.24, 2.45) is 58.2 Å². The fourth-order valence-electron chi connectivity index (χ4n) is 9.26. The Bertz CT molecular complexity index is 628. The van der Waals surface area contributed by atoms with Gasteiger partial charge in [-0.05, 0) is 90.8 Å². The smallest absolute Gasteiger partial charge is 0.136 e. The molecule has 0 heterocycles. The fraction of sp³-hybridized carbons (Fsp3) is 0.964. The zero-order valence-corrected chi connectivity index (χ0v) is 20.5. The van der Waals surface area contributed by atoms with Crippen molar-refractivity contribution in [3.63, 3.8) is 0 Å². The molecule has 0 aromatic carbocycles. The first-order valence-electron chi connectivity index (χ1n) is 13.4. The zero-order chi connectivity index (χ0) is 21.7. The van der Waals surface area contributed by atoms with Crippen molar-refractivity contribution in [3.05, 3.63) is 0 Å². The molecule has 0 aromatic rings. The van der Waals surface area contributed by atoms with Gasteiger partial charge in [0.05, 0.1) is 0 Å². The lowest BCUT2D eigenvalue weighted by Gasteiger charge is -2.60. The molecule has 0 amide bonds. The van der Waals surface area contributed by atoms with Crippen LogP contribution in [0.25, 0.3) is 0 Å². The van der Waals surface area contributed by atoms with E-state index < -0.39 is 0 Å². The van der Waals surface area contributed by atoms with Gasteiger partial charge in [0, 0.05) is 18.9 Å². The summed E-state index contributed by atoms with van der Waals surface area (Å²) in [7, 11) is 0. The summed E-state index contributed by atoms with van der Waals surface area (Å²) < 4.78 is 0. The van der Waals surface area contributed by atoms with Gasteiger partial charge in [0.2, 0.25) is 0 Å². The van der Waals surface area contributed by atoms with E-state index in [-0.39, 0.29) is 0 Å². The molecule has 4 rings (SSSR count). The third-order valence-corrected chi connectivity index (χ3v) is 11.5. The van der Waals surface area contributed by atoms with E-state index in [4.69, 9.17) is 0 Å². The summed E-state index contributed by atoms with van der Waals surface area (Å²) in [4.78, 5) is 13.2. The van der Waals surface area contributed by atoms with E-state index in [1.54, 1.807) is 0 Å². The zero-order valence-electron chi connectivity index (χ0n) is 20.5. The number of carbonyl (C=O) groups is 1. The van der Waals surface area contributed by atoms with E-state index in [9.17, 15) is 9.90 Å². The van der Waals surface area contributed by atoms with E-state index in [1.165, 1.54) is 64.2 Å². The second-order valence-corrected chi connectivity index (χ2v) is 12.8. The summed E-state index contributed by atoms with van der Waals surface area (Å²) in [6, 6.07) is 0. The van der Waals surface area contributed by atoms with E-state index in [0.29, 0.717) is 46.9 Å². The number of ketones is 1. The van der Waals surface area contributed by atoms with Gasteiger partial charge in [-0.2, -0.15) is 0 Å². The third-order valence-electron chi connectivity index (χ3n) is 11.5. The molecule has 1 N–H and O–H groups in total. The summed E-state index contributed by atoms with van der Waals surface area (Å²) in [6.07, 6.45) is 14.0. The van der Waals surface area contributed by atoms with Crippen molar-refractivity contribution in [3.8, 4) is 0 Å². The molecule has 0 radical (unpaired) electrons. The summed E-state index contributed by atoms with van der Waals surface area (Å²) in [6.45, 7) is 12.4. The van der Waals surface area contributed by atoms with Crippen molar-refractivity contribution in [2.75, 3.05) is 6.61 Å². The first-order valence-corrected chi connectivity index (χ1v) is 13.4. The van der Waals surface area contributed by atoms with Gasteiger partial charge >= 0.3 is 0 Å². The number of aliphatic hydroxyl groups is 1. The van der Waals surface area contributed by atoms with Crippen LogP contribution in [0.4, 0.5) is 0 Å². The summed E-state index contributed by atoms with van der Waals surface area (Å²) in [5.41, 5.74) is 0.754. The quantitative estimate of drug-likeness (QED) is 0.511. The Morgan fingerprint density at radius 1 is 0.900 bits per heavy atom. The Morgan fingerprint density at radius 3 is 2.37 bits per heavy atom. The Hall–Kier alpha value is -0.370. The second-order valence-electron chi connectivity index (χ2n) is 12.8. The van der Waals surface area contributed by atoms with E-state index >= 15 is 0 Å². The number of hydrogen-bond acceptors (Lipinski definition) is 2. The Kier molecular flexibility index (Phi) is 6.48. The van der Waals surface area contributed by atoms with E-state index in [2.05, 4.69) is 34.6 Å². The highest BCUT2D eigenvalue weighted by Crippen LogP contribution is 2.67. The van der Waals surface area contributed by atoms with Gasteiger partial charge in [-0.15, -0.1) is 0 Å². The number of rotatable bonds is 6. The lowest BCUT2D eigenvalue weighted by Crippen LogP contribution is -2.56. The Balaban J connectivity index is 1.47. The van der Waals surface area contributed by atoms with Gasteiger partial charge in [0.15, 0.2) is 0 Å². The van der Waals surface area contributed by atoms with Crippen LogP contribution in [0.15, 0.2) is 0 Å². The van der Waals surface area contributed by atoms with Crippen molar-refractivity contribution >= 4 is 5.78 Å². The molecule has 0 bridgehead atoms. The number of carbonyl (C=O) groups excluding carboxylic acids is 1. The molecule has 2 nitrogen and oxygen atoms in total. The largest absolute Gasteiger partial charge is 0.396 e. The van der Waals surface area contributed by atoms with Crippen molar-refractivity contribution in [1.82, 2.24) is 0 Å². The predicted octanol–water partition coefficient (Wildman–Crippen LogP) is 6.90. The van der Waals surface area contributed by atoms with Crippen LogP contribution in [0, 0.1) is 58.2 Å². The molecule has 0 aromatic heterocycles. The molecule has 172 valence electrons. The Labute approximate surface area is 186 Å². The first kappa shape index (κ1) is 22.8. The average molecular weight is 417 g/mol. The van der Waals surface area contributed by atoms with Crippen LogP contribution in [0.3, 0.4) is 0 Å². The van der Waals surface area contributed by atoms with Crippen molar-refractivity contribution < 1.29 is 9.90 Å². The van der Waals surface area contributed by atoms with Gasteiger partial charge in [-0.1, -0.05) is 60.3 Å². The molecule has 0 spiro atoms. The standard InChI is InChI=1S/C28H48O2/c1-18(20(3)17-29)9-10-19(2)22-11-12-23-21-16-26(30)25-8-6-7-14-27(25,4)24(21)13-15-28(22,23)5/h18-25,29H,6-17H2,1-5H3/t18?,19?,20?,21-,22+,23-,24-,25?,27+,28+/m0/s1. The highest BCUT2D eigenvalue weighted by Gasteiger charge is 2.61. The minimum absolute atomic E-state index is 0.305. The van der Waals surface area contributed by atoms with Crippen LogP contribution in [0.2, 0.25) is 0 Å². The van der Waals surface area contributed by atoms with Crippen LogP contribution in [-0.4, -0.2) is 17.5 Å². The normalized spacial score (nSPS) is 46.5. The lowest BCUT2D eigenvalue weighted by atomic mass is 9.44. The molecule has 10 atom stereocenters. The van der Waals surface area contributed by atoms with Crippen LogP contribution < -0.4 is 0 Å². The van der Waals surface area contributed by atoms with Crippen LogP contribution in [0.5, 0.6) is 0 Å². The molecule has 4 unspecified atom stereocenters. The van der Waals surface area contributed by atoms with Crippen molar-refractivity contribution in [2.45, 2.75) is 105 Å². The summed E-state index contributed by atoms with van der Waals surface area (Å²) in [5, 5.41) is 9.48. The molecule has 4 fully saturated rings. The molecule has 30 heavy (non-hydrogen) atoms. The van der Waals surface area contributed by atoms with Crippen molar-refractivity contribution in [1.29, 1.82) is 0 Å². The Morgan fingerprint density at radius 2 is 1.63 bits per heavy atom. The fourth-order valence-corrected chi connectivity index (χ4v) is 9.26. The number of hydrogen-bond donors (Lipinski definition) is 1. The number of aliphatic hydroxyl groups excluding tert-OH is 1. The number of fused-ring (bicyclic) bond motifs is 5. The number of Topliss-reactive ketones (excluding diaryl/α,β-unsaturated/α-hetero) is 1. The van der Waals surface area contributed by atoms with Crippen LogP contribution in [0.1, 0.15) is 105 Å². The van der Waals surface area contributed by atoms with E-state index in [0.717, 1.165) is 30.1 Å².